The summed E-state index contributed by atoms with van der Waals surface area (Å²) in [4.78, 5) is 25.7. The van der Waals surface area contributed by atoms with Crippen LogP contribution < -0.4 is 10.9 Å². The minimum Gasteiger partial charge on any atom is -0.299 e. The quantitative estimate of drug-likeness (QED) is 0.851. The molecule has 0 bridgehead atoms. The number of hydrogen-bond donors (Lipinski definition) is 1. The molecule has 116 valence electrons. The molecule has 1 amide bonds. The molecule has 3 heterocycles. The summed E-state index contributed by atoms with van der Waals surface area (Å²) in [7, 11) is 1.65. The highest BCUT2D eigenvalue weighted by molar-refractivity contribution is 7.15. The number of aryl methyl sites for hydroxylation is 2. The zero-order chi connectivity index (χ0) is 15.7. The fourth-order valence-corrected chi connectivity index (χ4v) is 3.00. The van der Waals surface area contributed by atoms with E-state index >= 15 is 0 Å². The Kier molecular flexibility index (Phi) is 3.99. The average Bonchev–Trinajstić information content (AvgIpc) is 2.85. The molecule has 9 heteroatoms. The summed E-state index contributed by atoms with van der Waals surface area (Å²) < 4.78 is 1.35. The molecule has 2 aromatic rings. The van der Waals surface area contributed by atoms with Crippen molar-refractivity contribution in [3.8, 4) is 0 Å². The molecule has 0 radical (unpaired) electrons. The SMILES string of the molecule is Cc1nnc(NC(=O)CN2CCc3nn(C)c(=O)cc3C2)s1. The Balaban J connectivity index is 1.63. The van der Waals surface area contributed by atoms with Gasteiger partial charge in [0.1, 0.15) is 5.01 Å². The number of hydrogen-bond acceptors (Lipinski definition) is 7. The molecule has 2 aromatic heterocycles. The van der Waals surface area contributed by atoms with Gasteiger partial charge in [0, 0.05) is 32.6 Å². The highest BCUT2D eigenvalue weighted by atomic mass is 32.1. The number of carbonyl (C=O) groups is 1. The summed E-state index contributed by atoms with van der Waals surface area (Å²) in [5.74, 6) is -0.128. The van der Waals surface area contributed by atoms with E-state index in [-0.39, 0.29) is 18.0 Å². The van der Waals surface area contributed by atoms with Crippen molar-refractivity contribution in [2.45, 2.75) is 19.9 Å². The van der Waals surface area contributed by atoms with Crippen LogP contribution in [0.25, 0.3) is 0 Å². The average molecular weight is 320 g/mol. The lowest BCUT2D eigenvalue weighted by Crippen LogP contribution is -2.38. The van der Waals surface area contributed by atoms with E-state index in [9.17, 15) is 9.59 Å². The minimum atomic E-state index is -0.130. The van der Waals surface area contributed by atoms with E-state index in [1.807, 2.05) is 11.8 Å². The Morgan fingerprint density at radius 2 is 2.27 bits per heavy atom. The van der Waals surface area contributed by atoms with E-state index in [0.717, 1.165) is 29.2 Å². The topological polar surface area (TPSA) is 93.0 Å². The van der Waals surface area contributed by atoms with Crippen LogP contribution in [-0.2, 0) is 24.8 Å². The summed E-state index contributed by atoms with van der Waals surface area (Å²) in [5, 5.41) is 16.0. The third-order valence-electron chi connectivity index (χ3n) is 3.46. The second-order valence-corrected chi connectivity index (χ2v) is 6.39. The second-order valence-electron chi connectivity index (χ2n) is 5.21. The predicted octanol–water partition coefficient (Wildman–Crippen LogP) is -0.0630. The van der Waals surface area contributed by atoms with Gasteiger partial charge in [-0.2, -0.15) is 5.10 Å². The van der Waals surface area contributed by atoms with Crippen molar-refractivity contribution in [1.82, 2.24) is 24.9 Å². The molecular weight excluding hydrogens is 304 g/mol. The van der Waals surface area contributed by atoms with E-state index in [1.165, 1.54) is 16.0 Å². The Labute approximate surface area is 130 Å². The molecule has 0 saturated heterocycles. The van der Waals surface area contributed by atoms with Crippen LogP contribution in [0.4, 0.5) is 5.13 Å². The summed E-state index contributed by atoms with van der Waals surface area (Å²) in [6, 6.07) is 1.60. The third-order valence-corrected chi connectivity index (χ3v) is 4.21. The lowest BCUT2D eigenvalue weighted by atomic mass is 10.1. The Hall–Kier alpha value is -2.13. The lowest BCUT2D eigenvalue weighted by Gasteiger charge is -2.27. The van der Waals surface area contributed by atoms with Gasteiger partial charge in [0.2, 0.25) is 11.0 Å². The summed E-state index contributed by atoms with van der Waals surface area (Å²) in [6.45, 7) is 3.39. The number of anilines is 1. The molecular formula is C13H16N6O2S. The molecule has 0 saturated carbocycles. The van der Waals surface area contributed by atoms with Gasteiger partial charge >= 0.3 is 0 Å². The van der Waals surface area contributed by atoms with Gasteiger partial charge in [-0.15, -0.1) is 10.2 Å². The number of fused-ring (bicyclic) bond motifs is 1. The van der Waals surface area contributed by atoms with Crippen molar-refractivity contribution in [2.75, 3.05) is 18.4 Å². The van der Waals surface area contributed by atoms with Crippen molar-refractivity contribution >= 4 is 22.4 Å². The van der Waals surface area contributed by atoms with Gasteiger partial charge in [0.15, 0.2) is 0 Å². The fourth-order valence-electron chi connectivity index (χ4n) is 2.40. The maximum absolute atomic E-state index is 12.0. The van der Waals surface area contributed by atoms with Crippen molar-refractivity contribution in [2.24, 2.45) is 7.05 Å². The van der Waals surface area contributed by atoms with Crippen LogP contribution in [0, 0.1) is 6.92 Å². The first-order valence-electron chi connectivity index (χ1n) is 6.89. The van der Waals surface area contributed by atoms with Crippen LogP contribution in [0.5, 0.6) is 0 Å². The molecule has 0 aliphatic carbocycles. The number of amides is 1. The zero-order valence-corrected chi connectivity index (χ0v) is 13.2. The van der Waals surface area contributed by atoms with Crippen molar-refractivity contribution in [1.29, 1.82) is 0 Å². The lowest BCUT2D eigenvalue weighted by molar-refractivity contribution is -0.117. The van der Waals surface area contributed by atoms with Crippen LogP contribution in [0.2, 0.25) is 0 Å². The standard InChI is InChI=1S/C13H16N6O2S/c1-8-15-16-13(22-8)14-11(20)7-19-4-3-10-9(6-19)5-12(21)18(2)17-10/h5H,3-4,6-7H2,1-2H3,(H,14,16,20). The van der Waals surface area contributed by atoms with Gasteiger partial charge < -0.3 is 0 Å². The first-order valence-corrected chi connectivity index (χ1v) is 7.71. The van der Waals surface area contributed by atoms with Crippen LogP contribution >= 0.6 is 11.3 Å². The van der Waals surface area contributed by atoms with E-state index in [4.69, 9.17) is 0 Å². The van der Waals surface area contributed by atoms with E-state index in [2.05, 4.69) is 20.6 Å². The molecule has 3 rings (SSSR count). The molecule has 22 heavy (non-hydrogen) atoms. The molecule has 1 aliphatic heterocycles. The molecule has 1 aliphatic rings. The third kappa shape index (κ3) is 3.20. The van der Waals surface area contributed by atoms with Gasteiger partial charge in [-0.3, -0.25) is 19.8 Å². The van der Waals surface area contributed by atoms with Crippen LogP contribution in [-0.4, -0.2) is 43.9 Å². The maximum Gasteiger partial charge on any atom is 0.266 e. The van der Waals surface area contributed by atoms with Gasteiger partial charge in [0.25, 0.3) is 5.56 Å². The van der Waals surface area contributed by atoms with Crippen molar-refractivity contribution in [3.05, 3.63) is 32.7 Å². The Bertz CT molecular complexity index is 768. The predicted molar refractivity (Wildman–Crippen MR) is 81.7 cm³/mol. The number of carbonyl (C=O) groups excluding carboxylic acids is 1. The molecule has 0 spiro atoms. The minimum absolute atomic E-state index is 0.128. The molecule has 0 atom stereocenters. The largest absolute Gasteiger partial charge is 0.299 e. The van der Waals surface area contributed by atoms with Crippen molar-refractivity contribution in [3.63, 3.8) is 0 Å². The summed E-state index contributed by atoms with van der Waals surface area (Å²) >= 11 is 1.34. The second kappa shape index (κ2) is 5.93. The smallest absolute Gasteiger partial charge is 0.266 e. The molecule has 1 N–H and O–H groups in total. The summed E-state index contributed by atoms with van der Waals surface area (Å²) in [6.07, 6.45) is 0.731. The summed E-state index contributed by atoms with van der Waals surface area (Å²) in [5.41, 5.74) is 1.70. The fraction of sp³-hybridized carbons (Fsp3) is 0.462. The monoisotopic (exact) mass is 320 g/mol. The highest BCUT2D eigenvalue weighted by Crippen LogP contribution is 2.16. The number of rotatable bonds is 3. The van der Waals surface area contributed by atoms with Gasteiger partial charge in [-0.25, -0.2) is 4.68 Å². The highest BCUT2D eigenvalue weighted by Gasteiger charge is 2.21. The number of aromatic nitrogens is 4. The molecule has 0 aromatic carbocycles. The molecule has 0 fully saturated rings. The zero-order valence-electron chi connectivity index (χ0n) is 12.4. The maximum atomic E-state index is 12.0. The van der Waals surface area contributed by atoms with E-state index < -0.39 is 0 Å². The van der Waals surface area contributed by atoms with Crippen molar-refractivity contribution < 1.29 is 4.79 Å². The van der Waals surface area contributed by atoms with Crippen LogP contribution in [0.15, 0.2) is 10.9 Å². The Morgan fingerprint density at radius 3 is 3.00 bits per heavy atom. The van der Waals surface area contributed by atoms with E-state index in [0.29, 0.717) is 11.7 Å². The van der Waals surface area contributed by atoms with Crippen LogP contribution in [0.1, 0.15) is 16.3 Å². The molecule has 8 nitrogen and oxygen atoms in total. The van der Waals surface area contributed by atoms with Gasteiger partial charge in [-0.1, -0.05) is 11.3 Å². The van der Waals surface area contributed by atoms with Gasteiger partial charge in [0.05, 0.1) is 12.2 Å². The number of nitrogens with one attached hydrogen (secondary N) is 1. The van der Waals surface area contributed by atoms with Gasteiger partial charge in [-0.05, 0) is 12.5 Å². The molecule has 0 unspecified atom stereocenters. The first kappa shape index (κ1) is 14.8. The first-order chi connectivity index (χ1) is 10.5. The Morgan fingerprint density at radius 1 is 1.45 bits per heavy atom. The number of nitrogens with zero attached hydrogens (tertiary/aromatic N) is 5. The normalized spacial score (nSPS) is 14.6. The van der Waals surface area contributed by atoms with E-state index in [1.54, 1.807) is 13.1 Å². The van der Waals surface area contributed by atoms with Crippen LogP contribution in [0.3, 0.4) is 0 Å².